The average Bonchev–Trinajstić information content (AvgIpc) is 2.36. The van der Waals surface area contributed by atoms with Crippen LogP contribution in [0.4, 0.5) is 0 Å². The molecule has 6 nitrogen and oxygen atoms in total. The second kappa shape index (κ2) is 7.70. The Labute approximate surface area is 109 Å². The lowest BCUT2D eigenvalue weighted by Crippen LogP contribution is -2.38. The van der Waals surface area contributed by atoms with Crippen molar-refractivity contribution in [3.05, 3.63) is 0 Å². The smallest absolute Gasteiger partial charge is 0.235 e. The van der Waals surface area contributed by atoms with E-state index in [1.54, 1.807) is 6.92 Å². The lowest BCUT2D eigenvalue weighted by Gasteiger charge is -2.22. The van der Waals surface area contributed by atoms with E-state index in [9.17, 15) is 13.2 Å². The molecule has 0 bridgehead atoms. The summed E-state index contributed by atoms with van der Waals surface area (Å²) in [7, 11) is -3.33. The molecule has 0 aromatic heterocycles. The molecule has 1 fully saturated rings. The molecule has 1 rings (SSSR count). The van der Waals surface area contributed by atoms with Gasteiger partial charge in [-0.3, -0.25) is 4.79 Å². The molecular weight excluding hydrogens is 254 g/mol. The van der Waals surface area contributed by atoms with Gasteiger partial charge in [-0.05, 0) is 45.2 Å². The molecule has 7 heteroatoms. The van der Waals surface area contributed by atoms with Gasteiger partial charge in [0.15, 0.2) is 0 Å². The molecule has 1 heterocycles. The van der Waals surface area contributed by atoms with Crippen molar-refractivity contribution in [3.63, 3.8) is 0 Å². The zero-order valence-corrected chi connectivity index (χ0v) is 11.7. The number of carbonyl (C=O) groups is 1. The van der Waals surface area contributed by atoms with Crippen molar-refractivity contribution in [2.24, 2.45) is 5.92 Å². The minimum absolute atomic E-state index is 0.108. The summed E-state index contributed by atoms with van der Waals surface area (Å²) in [6, 6.07) is 0. The van der Waals surface area contributed by atoms with E-state index < -0.39 is 10.0 Å². The number of nitrogens with one attached hydrogen (secondary N) is 3. The monoisotopic (exact) mass is 277 g/mol. The van der Waals surface area contributed by atoms with Crippen LogP contribution < -0.4 is 15.4 Å². The van der Waals surface area contributed by atoms with Gasteiger partial charge in [0.25, 0.3) is 0 Å². The van der Waals surface area contributed by atoms with Gasteiger partial charge in [-0.25, -0.2) is 13.1 Å². The Hall–Kier alpha value is -0.660. The topological polar surface area (TPSA) is 87.3 Å². The second-order valence-electron chi connectivity index (χ2n) is 4.58. The van der Waals surface area contributed by atoms with E-state index in [2.05, 4.69) is 15.4 Å². The van der Waals surface area contributed by atoms with Gasteiger partial charge in [-0.15, -0.1) is 0 Å². The molecule has 3 N–H and O–H groups in total. The van der Waals surface area contributed by atoms with Crippen LogP contribution in [0.15, 0.2) is 0 Å². The van der Waals surface area contributed by atoms with E-state index in [0.717, 1.165) is 25.9 Å². The summed E-state index contributed by atoms with van der Waals surface area (Å²) in [5, 5.41) is 5.80. The van der Waals surface area contributed by atoms with Crippen LogP contribution >= 0.6 is 0 Å². The van der Waals surface area contributed by atoms with E-state index in [-0.39, 0.29) is 18.2 Å². The number of amides is 1. The zero-order valence-electron chi connectivity index (χ0n) is 10.9. The molecule has 0 saturated carbocycles. The molecular formula is C11H23N3O3S. The Balaban J connectivity index is 2.24. The van der Waals surface area contributed by atoms with E-state index in [0.29, 0.717) is 18.9 Å². The van der Waals surface area contributed by atoms with Crippen molar-refractivity contribution in [2.75, 3.05) is 31.9 Å². The standard InChI is InChI=1S/C11H23N3O3S/c1-2-13-11(15)9-14-18(16,17)8-5-10-3-6-12-7-4-10/h10,12,14H,2-9H2,1H3,(H,13,15). The third-order valence-corrected chi connectivity index (χ3v) is 4.44. The molecule has 1 aliphatic rings. The molecule has 18 heavy (non-hydrogen) atoms. The first-order valence-corrected chi connectivity index (χ1v) is 8.13. The van der Waals surface area contributed by atoms with Crippen molar-refractivity contribution in [2.45, 2.75) is 26.2 Å². The number of hydrogen-bond acceptors (Lipinski definition) is 4. The highest BCUT2D eigenvalue weighted by molar-refractivity contribution is 7.89. The zero-order chi connectivity index (χ0) is 13.4. The molecule has 0 unspecified atom stereocenters. The quantitative estimate of drug-likeness (QED) is 0.582. The van der Waals surface area contributed by atoms with Gasteiger partial charge < -0.3 is 10.6 Å². The van der Waals surface area contributed by atoms with Gasteiger partial charge >= 0.3 is 0 Å². The number of sulfonamides is 1. The van der Waals surface area contributed by atoms with Gasteiger partial charge in [0.1, 0.15) is 0 Å². The van der Waals surface area contributed by atoms with E-state index >= 15 is 0 Å². The average molecular weight is 277 g/mol. The maximum absolute atomic E-state index is 11.7. The first-order valence-electron chi connectivity index (χ1n) is 6.48. The highest BCUT2D eigenvalue weighted by Gasteiger charge is 2.18. The maximum Gasteiger partial charge on any atom is 0.235 e. The largest absolute Gasteiger partial charge is 0.355 e. The molecule has 1 amide bonds. The Kier molecular flexibility index (Phi) is 6.59. The van der Waals surface area contributed by atoms with Crippen LogP contribution in [0.2, 0.25) is 0 Å². The van der Waals surface area contributed by atoms with E-state index in [1.165, 1.54) is 0 Å². The molecule has 0 atom stereocenters. The normalized spacial score (nSPS) is 17.6. The fraction of sp³-hybridized carbons (Fsp3) is 0.909. The highest BCUT2D eigenvalue weighted by Crippen LogP contribution is 2.16. The van der Waals surface area contributed by atoms with Gasteiger partial charge in [0.05, 0.1) is 12.3 Å². The number of likely N-dealkylation sites (N-methyl/N-ethyl adjacent to an activating group) is 1. The van der Waals surface area contributed by atoms with E-state index in [1.807, 2.05) is 0 Å². The molecule has 0 aromatic carbocycles. The molecule has 0 aliphatic carbocycles. The van der Waals surface area contributed by atoms with Crippen LogP contribution in [0.5, 0.6) is 0 Å². The summed E-state index contributed by atoms with van der Waals surface area (Å²) >= 11 is 0. The van der Waals surface area contributed by atoms with Crippen LogP contribution in [0.25, 0.3) is 0 Å². The number of rotatable bonds is 7. The highest BCUT2D eigenvalue weighted by atomic mass is 32.2. The molecule has 106 valence electrons. The van der Waals surface area contributed by atoms with Crippen LogP contribution in [-0.4, -0.2) is 46.3 Å². The van der Waals surface area contributed by atoms with Gasteiger partial charge in [-0.2, -0.15) is 0 Å². The first kappa shape index (κ1) is 15.4. The Morgan fingerprint density at radius 2 is 2.00 bits per heavy atom. The molecule has 1 saturated heterocycles. The van der Waals surface area contributed by atoms with Crippen LogP contribution in [0.1, 0.15) is 26.2 Å². The summed E-state index contributed by atoms with van der Waals surface area (Å²) in [6.07, 6.45) is 2.74. The van der Waals surface area contributed by atoms with Crippen molar-refractivity contribution in [1.29, 1.82) is 0 Å². The summed E-state index contributed by atoms with van der Waals surface area (Å²) in [5.41, 5.74) is 0. The molecule has 0 spiro atoms. The lowest BCUT2D eigenvalue weighted by atomic mass is 9.96. The minimum atomic E-state index is -3.33. The summed E-state index contributed by atoms with van der Waals surface area (Å²) in [5.74, 6) is 0.298. The first-order chi connectivity index (χ1) is 8.53. The predicted molar refractivity (Wildman–Crippen MR) is 70.7 cm³/mol. The lowest BCUT2D eigenvalue weighted by molar-refractivity contribution is -0.119. The Morgan fingerprint density at radius 3 is 2.61 bits per heavy atom. The van der Waals surface area contributed by atoms with Crippen LogP contribution in [-0.2, 0) is 14.8 Å². The molecule has 0 radical (unpaired) electrons. The minimum Gasteiger partial charge on any atom is -0.355 e. The fourth-order valence-electron chi connectivity index (χ4n) is 2.00. The van der Waals surface area contributed by atoms with Gasteiger partial charge in [0, 0.05) is 6.54 Å². The van der Waals surface area contributed by atoms with Crippen molar-refractivity contribution in [1.82, 2.24) is 15.4 Å². The predicted octanol–water partition coefficient (Wildman–Crippen LogP) is -0.568. The molecule has 1 aliphatic heterocycles. The third kappa shape index (κ3) is 6.32. The Morgan fingerprint density at radius 1 is 1.33 bits per heavy atom. The van der Waals surface area contributed by atoms with E-state index in [4.69, 9.17) is 0 Å². The van der Waals surface area contributed by atoms with Gasteiger partial charge in [-0.1, -0.05) is 0 Å². The maximum atomic E-state index is 11.7. The summed E-state index contributed by atoms with van der Waals surface area (Å²) in [4.78, 5) is 11.1. The van der Waals surface area contributed by atoms with Crippen LogP contribution in [0, 0.1) is 5.92 Å². The number of piperidine rings is 1. The summed E-state index contributed by atoms with van der Waals surface area (Å²) < 4.78 is 25.7. The van der Waals surface area contributed by atoms with Crippen molar-refractivity contribution < 1.29 is 13.2 Å². The van der Waals surface area contributed by atoms with Crippen molar-refractivity contribution >= 4 is 15.9 Å². The number of hydrogen-bond donors (Lipinski definition) is 3. The van der Waals surface area contributed by atoms with Crippen LogP contribution in [0.3, 0.4) is 0 Å². The van der Waals surface area contributed by atoms with Crippen molar-refractivity contribution in [3.8, 4) is 0 Å². The Bertz CT molecular complexity index is 351. The third-order valence-electron chi connectivity index (χ3n) is 3.08. The number of carbonyl (C=O) groups excluding carboxylic acids is 1. The molecule has 0 aromatic rings. The SMILES string of the molecule is CCNC(=O)CNS(=O)(=O)CCC1CCNCC1. The fourth-order valence-corrected chi connectivity index (χ4v) is 3.14. The van der Waals surface area contributed by atoms with Gasteiger partial charge in [0.2, 0.25) is 15.9 Å². The summed E-state index contributed by atoms with van der Waals surface area (Å²) in [6.45, 7) is 4.08. The second-order valence-corrected chi connectivity index (χ2v) is 6.50.